The van der Waals surface area contributed by atoms with E-state index in [1.807, 2.05) is 47.5 Å². The van der Waals surface area contributed by atoms with Gasteiger partial charge in [0.05, 0.1) is 19.2 Å². The minimum Gasteiger partial charge on any atom is -0.497 e. The zero-order valence-electron chi connectivity index (χ0n) is 19.9. The molecule has 0 radical (unpaired) electrons. The average molecular weight is 445 g/mol. The van der Waals surface area contributed by atoms with E-state index < -0.39 is 0 Å². The van der Waals surface area contributed by atoms with Gasteiger partial charge in [0.25, 0.3) is 0 Å². The Bertz CT molecular complexity index is 1080. The number of carbonyl (C=O) groups is 1. The molecule has 33 heavy (non-hydrogen) atoms. The van der Waals surface area contributed by atoms with Crippen molar-refractivity contribution >= 4 is 5.91 Å². The molecule has 1 aliphatic heterocycles. The number of hydrogen-bond donors (Lipinski definition) is 0. The largest absolute Gasteiger partial charge is 0.497 e. The lowest BCUT2D eigenvalue weighted by atomic mass is 9.87. The maximum Gasteiger partial charge on any atom is 0.226 e. The van der Waals surface area contributed by atoms with Crippen molar-refractivity contribution in [3.8, 4) is 16.9 Å². The summed E-state index contributed by atoms with van der Waals surface area (Å²) in [5.74, 6) is 2.12. The molecule has 0 bridgehead atoms. The number of hydrogen-bond acceptors (Lipinski definition) is 5. The van der Waals surface area contributed by atoms with E-state index in [-0.39, 0.29) is 11.3 Å². The summed E-state index contributed by atoms with van der Waals surface area (Å²) in [6, 6.07) is 11.7. The van der Waals surface area contributed by atoms with Gasteiger partial charge in [0.15, 0.2) is 0 Å². The predicted octanol–water partition coefficient (Wildman–Crippen LogP) is 4.79. The molecule has 3 aromatic rings. The fourth-order valence-corrected chi connectivity index (χ4v) is 4.25. The Balaban J connectivity index is 1.49. The molecule has 1 saturated heterocycles. The lowest BCUT2D eigenvalue weighted by Crippen LogP contribution is -2.39. The zero-order chi connectivity index (χ0) is 23.4. The number of ether oxygens (including phenoxy) is 1. The minimum atomic E-state index is -0.124. The summed E-state index contributed by atoms with van der Waals surface area (Å²) in [7, 11) is 1.65. The van der Waals surface area contributed by atoms with Crippen molar-refractivity contribution < 1.29 is 9.53 Å². The summed E-state index contributed by atoms with van der Waals surface area (Å²) in [6.07, 6.45) is 7.77. The van der Waals surface area contributed by atoms with Crippen LogP contribution in [0, 0.1) is 0 Å². The van der Waals surface area contributed by atoms with Crippen molar-refractivity contribution in [2.45, 2.75) is 51.4 Å². The highest BCUT2D eigenvalue weighted by molar-refractivity contribution is 5.79. The first-order valence-corrected chi connectivity index (χ1v) is 11.5. The van der Waals surface area contributed by atoms with Gasteiger partial charge in [0.2, 0.25) is 5.91 Å². The number of amides is 1. The van der Waals surface area contributed by atoms with Crippen LogP contribution in [0.15, 0.2) is 55.0 Å². The molecular weight excluding hydrogens is 412 g/mol. The molecule has 1 fully saturated rings. The van der Waals surface area contributed by atoms with E-state index in [9.17, 15) is 4.79 Å². The molecule has 3 heterocycles. The topological polar surface area (TPSA) is 68.2 Å². The van der Waals surface area contributed by atoms with Gasteiger partial charge in [0, 0.05) is 48.6 Å². The molecule has 1 aliphatic rings. The maximum atomic E-state index is 12.9. The molecule has 1 aromatic carbocycles. The van der Waals surface area contributed by atoms with Crippen LogP contribution >= 0.6 is 0 Å². The number of methoxy groups -OCH3 is 1. The lowest BCUT2D eigenvalue weighted by molar-refractivity contribution is -0.131. The number of pyridine rings is 1. The van der Waals surface area contributed by atoms with Crippen LogP contribution in [0.2, 0.25) is 0 Å². The van der Waals surface area contributed by atoms with Gasteiger partial charge in [-0.1, -0.05) is 32.9 Å². The lowest BCUT2D eigenvalue weighted by Gasteiger charge is -2.33. The van der Waals surface area contributed by atoms with Crippen LogP contribution in [0.25, 0.3) is 11.1 Å². The van der Waals surface area contributed by atoms with E-state index in [2.05, 4.69) is 30.7 Å². The van der Waals surface area contributed by atoms with Crippen molar-refractivity contribution in [1.82, 2.24) is 19.9 Å². The van der Waals surface area contributed by atoms with Crippen LogP contribution in [0.1, 0.15) is 56.6 Å². The highest BCUT2D eigenvalue weighted by Crippen LogP contribution is 2.35. The van der Waals surface area contributed by atoms with E-state index in [0.717, 1.165) is 59.9 Å². The number of benzene rings is 1. The molecule has 0 saturated carbocycles. The van der Waals surface area contributed by atoms with Gasteiger partial charge in [-0.3, -0.25) is 9.78 Å². The summed E-state index contributed by atoms with van der Waals surface area (Å²) in [4.78, 5) is 28.8. The molecule has 172 valence electrons. The molecule has 0 unspecified atom stereocenters. The molecule has 1 amide bonds. The molecule has 0 atom stereocenters. The summed E-state index contributed by atoms with van der Waals surface area (Å²) in [5.41, 5.74) is 4.12. The second kappa shape index (κ2) is 9.69. The SMILES string of the molecule is COc1ccc(CC(=O)N2CCC(c3nc(C(C)(C)C)ncc3-c3ccncc3)CC2)cc1. The Kier molecular flexibility index (Phi) is 6.72. The monoisotopic (exact) mass is 444 g/mol. The number of likely N-dealkylation sites (tertiary alicyclic amines) is 1. The minimum absolute atomic E-state index is 0.124. The van der Waals surface area contributed by atoms with E-state index >= 15 is 0 Å². The standard InChI is InChI=1S/C27H32N4O2/c1-27(2,3)26-29-18-23(20-9-13-28-14-10-20)25(30-26)21-11-15-31(16-12-21)24(32)17-19-5-7-22(33-4)8-6-19/h5-10,13-14,18,21H,11-12,15-17H2,1-4H3. The summed E-state index contributed by atoms with van der Waals surface area (Å²) in [6.45, 7) is 7.89. The predicted molar refractivity (Wildman–Crippen MR) is 129 cm³/mol. The van der Waals surface area contributed by atoms with Crippen molar-refractivity contribution in [3.05, 3.63) is 72.1 Å². The van der Waals surface area contributed by atoms with Crippen LogP contribution in [-0.2, 0) is 16.6 Å². The molecule has 2 aromatic heterocycles. The first kappa shape index (κ1) is 22.9. The molecule has 0 N–H and O–H groups in total. The summed E-state index contributed by atoms with van der Waals surface area (Å²) >= 11 is 0. The van der Waals surface area contributed by atoms with Crippen LogP contribution in [0.3, 0.4) is 0 Å². The first-order valence-electron chi connectivity index (χ1n) is 11.5. The Morgan fingerprint density at radius 3 is 2.33 bits per heavy atom. The number of piperidine rings is 1. The smallest absolute Gasteiger partial charge is 0.226 e. The number of rotatable bonds is 5. The highest BCUT2D eigenvalue weighted by atomic mass is 16.5. The zero-order valence-corrected chi connectivity index (χ0v) is 19.9. The van der Waals surface area contributed by atoms with Gasteiger partial charge < -0.3 is 9.64 Å². The van der Waals surface area contributed by atoms with E-state index in [1.165, 1.54) is 0 Å². The number of carbonyl (C=O) groups excluding carboxylic acids is 1. The third-order valence-corrected chi connectivity index (χ3v) is 6.23. The first-order chi connectivity index (χ1) is 15.8. The van der Waals surface area contributed by atoms with Gasteiger partial charge in [-0.15, -0.1) is 0 Å². The summed E-state index contributed by atoms with van der Waals surface area (Å²) in [5, 5.41) is 0. The third kappa shape index (κ3) is 5.38. The molecule has 4 rings (SSSR count). The normalized spacial score (nSPS) is 14.8. The Hall–Kier alpha value is -3.28. The molecule has 0 spiro atoms. The Morgan fingerprint density at radius 2 is 1.73 bits per heavy atom. The van der Waals surface area contributed by atoms with E-state index in [4.69, 9.17) is 9.72 Å². The van der Waals surface area contributed by atoms with Gasteiger partial charge >= 0.3 is 0 Å². The van der Waals surface area contributed by atoms with E-state index in [0.29, 0.717) is 12.3 Å². The maximum absolute atomic E-state index is 12.9. The van der Waals surface area contributed by atoms with Gasteiger partial charge in [-0.25, -0.2) is 9.97 Å². The second-order valence-electron chi connectivity index (χ2n) is 9.66. The molecular formula is C27H32N4O2. The van der Waals surface area contributed by atoms with Gasteiger partial charge in [0.1, 0.15) is 11.6 Å². The van der Waals surface area contributed by atoms with Crippen molar-refractivity contribution in [2.75, 3.05) is 20.2 Å². The molecule has 0 aliphatic carbocycles. The van der Waals surface area contributed by atoms with Crippen molar-refractivity contribution in [3.63, 3.8) is 0 Å². The van der Waals surface area contributed by atoms with Crippen LogP contribution in [-0.4, -0.2) is 46.0 Å². The second-order valence-corrected chi connectivity index (χ2v) is 9.66. The van der Waals surface area contributed by atoms with Crippen LogP contribution in [0.5, 0.6) is 5.75 Å². The third-order valence-electron chi connectivity index (χ3n) is 6.23. The van der Waals surface area contributed by atoms with Crippen molar-refractivity contribution in [1.29, 1.82) is 0 Å². The number of nitrogens with zero attached hydrogens (tertiary/aromatic N) is 4. The van der Waals surface area contributed by atoms with Crippen LogP contribution < -0.4 is 4.74 Å². The Labute approximate surface area is 196 Å². The average Bonchev–Trinajstić information content (AvgIpc) is 2.84. The summed E-state index contributed by atoms with van der Waals surface area (Å²) < 4.78 is 5.21. The quantitative estimate of drug-likeness (QED) is 0.566. The highest BCUT2D eigenvalue weighted by Gasteiger charge is 2.28. The Morgan fingerprint density at radius 1 is 1.06 bits per heavy atom. The van der Waals surface area contributed by atoms with Crippen molar-refractivity contribution in [2.24, 2.45) is 0 Å². The fourth-order valence-electron chi connectivity index (χ4n) is 4.25. The number of aromatic nitrogens is 3. The van der Waals surface area contributed by atoms with Crippen LogP contribution in [0.4, 0.5) is 0 Å². The van der Waals surface area contributed by atoms with E-state index in [1.54, 1.807) is 19.5 Å². The molecule has 6 heteroatoms. The fraction of sp³-hybridized carbons (Fsp3) is 0.407. The van der Waals surface area contributed by atoms with Gasteiger partial charge in [-0.05, 0) is 48.2 Å². The van der Waals surface area contributed by atoms with Gasteiger partial charge in [-0.2, -0.15) is 0 Å². The molecule has 6 nitrogen and oxygen atoms in total.